The molecular weight excluding hydrogens is 145 g/mol. The second-order valence-electron chi connectivity index (χ2n) is 2.17. The maximum absolute atomic E-state index is 12.0. The van der Waals surface area contributed by atoms with Crippen molar-refractivity contribution < 1.29 is 18.3 Å². The molecule has 10 heavy (non-hydrogen) atoms. The third kappa shape index (κ3) is 3.71. The quantitative estimate of drug-likeness (QED) is 0.594. The summed E-state index contributed by atoms with van der Waals surface area (Å²) in [5.41, 5.74) is 0. The lowest BCUT2D eigenvalue weighted by molar-refractivity contribution is -0.279. The number of hydrogen-bond acceptors (Lipinski definition) is 0. The van der Waals surface area contributed by atoms with Gasteiger partial charge in [-0.1, -0.05) is 19.8 Å². The number of halogens is 3. The Balaban J connectivity index is 3.52. The van der Waals surface area contributed by atoms with E-state index in [2.05, 4.69) is 0 Å². The summed E-state index contributed by atoms with van der Waals surface area (Å²) >= 11 is 0. The molecule has 0 saturated carbocycles. The standard InChI is InChI=1S/C6H10F3O/c1-2-3-4-5(7)6(8,9)10/h5H,2-4H2,1H3. The Hall–Kier alpha value is -0.250. The van der Waals surface area contributed by atoms with Gasteiger partial charge in [0, 0.05) is 0 Å². The summed E-state index contributed by atoms with van der Waals surface area (Å²) in [4.78, 5) is 0. The lowest BCUT2D eigenvalue weighted by Gasteiger charge is -2.10. The first-order valence-electron chi connectivity index (χ1n) is 3.20. The highest BCUT2D eigenvalue weighted by Crippen LogP contribution is 2.22. The first-order chi connectivity index (χ1) is 4.48. The van der Waals surface area contributed by atoms with Crippen LogP contribution in [0.3, 0.4) is 0 Å². The number of rotatable bonds is 4. The van der Waals surface area contributed by atoms with Gasteiger partial charge in [0.25, 0.3) is 0 Å². The average molecular weight is 155 g/mol. The molecule has 4 heteroatoms. The van der Waals surface area contributed by atoms with Crippen molar-refractivity contribution in [3.8, 4) is 0 Å². The lowest BCUT2D eigenvalue weighted by atomic mass is 10.2. The van der Waals surface area contributed by atoms with Gasteiger partial charge < -0.3 is 0 Å². The van der Waals surface area contributed by atoms with Gasteiger partial charge in [-0.2, -0.15) is 13.9 Å². The normalized spacial score (nSPS) is 15.3. The van der Waals surface area contributed by atoms with Crippen molar-refractivity contribution in [3.05, 3.63) is 0 Å². The molecule has 0 spiro atoms. The van der Waals surface area contributed by atoms with Gasteiger partial charge in [-0.3, -0.25) is 0 Å². The molecular formula is C6H10F3O. The van der Waals surface area contributed by atoms with Gasteiger partial charge in [-0.25, -0.2) is 4.39 Å². The van der Waals surface area contributed by atoms with Crippen LogP contribution in [-0.2, 0) is 5.11 Å². The Bertz CT molecular complexity index is 89.5. The van der Waals surface area contributed by atoms with Crippen LogP contribution in [0.1, 0.15) is 26.2 Å². The molecule has 1 unspecified atom stereocenters. The van der Waals surface area contributed by atoms with E-state index in [1.165, 1.54) is 0 Å². The molecule has 1 radical (unpaired) electrons. The summed E-state index contributed by atoms with van der Waals surface area (Å²) in [5, 5.41) is 9.60. The van der Waals surface area contributed by atoms with Gasteiger partial charge in [0.2, 0.25) is 0 Å². The molecule has 0 bridgehead atoms. The van der Waals surface area contributed by atoms with E-state index >= 15 is 0 Å². The van der Waals surface area contributed by atoms with Crippen molar-refractivity contribution in [2.24, 2.45) is 0 Å². The topological polar surface area (TPSA) is 19.9 Å². The number of unbranched alkanes of at least 4 members (excludes halogenated alkanes) is 1. The van der Waals surface area contributed by atoms with Crippen LogP contribution >= 0.6 is 0 Å². The van der Waals surface area contributed by atoms with Gasteiger partial charge in [-0.05, 0) is 6.42 Å². The van der Waals surface area contributed by atoms with Crippen molar-refractivity contribution in [1.29, 1.82) is 0 Å². The first-order valence-corrected chi connectivity index (χ1v) is 3.20. The van der Waals surface area contributed by atoms with Crippen molar-refractivity contribution in [2.45, 2.75) is 38.5 Å². The SMILES string of the molecule is CCCCC(F)C([O])(F)F. The van der Waals surface area contributed by atoms with E-state index in [0.717, 1.165) is 0 Å². The predicted octanol–water partition coefficient (Wildman–Crippen LogP) is 2.54. The predicted molar refractivity (Wildman–Crippen MR) is 30.1 cm³/mol. The second kappa shape index (κ2) is 3.81. The lowest BCUT2D eigenvalue weighted by Crippen LogP contribution is -2.27. The van der Waals surface area contributed by atoms with Gasteiger partial charge in [0.05, 0.1) is 0 Å². The first kappa shape index (κ1) is 9.75. The highest BCUT2D eigenvalue weighted by atomic mass is 19.3. The van der Waals surface area contributed by atoms with E-state index in [4.69, 9.17) is 0 Å². The van der Waals surface area contributed by atoms with Crippen LogP contribution < -0.4 is 0 Å². The van der Waals surface area contributed by atoms with Gasteiger partial charge in [0.1, 0.15) is 0 Å². The molecule has 0 rings (SSSR count). The largest absolute Gasteiger partial charge is 0.411 e. The van der Waals surface area contributed by atoms with Crippen LogP contribution in [0.2, 0.25) is 0 Å². The molecule has 0 aliphatic heterocycles. The van der Waals surface area contributed by atoms with Crippen LogP contribution in [0.4, 0.5) is 13.2 Å². The van der Waals surface area contributed by atoms with Crippen molar-refractivity contribution in [3.63, 3.8) is 0 Å². The Kier molecular flexibility index (Phi) is 3.71. The summed E-state index contributed by atoms with van der Waals surface area (Å²) in [6.07, 6.45) is -6.31. The minimum atomic E-state index is -4.41. The fraction of sp³-hybridized carbons (Fsp3) is 1.00. The molecule has 0 aromatic rings. The van der Waals surface area contributed by atoms with E-state index in [0.29, 0.717) is 12.8 Å². The van der Waals surface area contributed by atoms with E-state index < -0.39 is 12.3 Å². The Morgan fingerprint density at radius 1 is 1.50 bits per heavy atom. The van der Waals surface area contributed by atoms with Gasteiger partial charge >= 0.3 is 6.11 Å². The molecule has 0 saturated heterocycles. The second-order valence-corrected chi connectivity index (χ2v) is 2.17. The monoisotopic (exact) mass is 155 g/mol. The van der Waals surface area contributed by atoms with E-state index in [1.54, 1.807) is 6.92 Å². The summed E-state index contributed by atoms with van der Waals surface area (Å²) in [6, 6.07) is 0. The smallest absolute Gasteiger partial charge is 0.238 e. The molecule has 1 nitrogen and oxygen atoms in total. The van der Waals surface area contributed by atoms with E-state index in [9.17, 15) is 18.3 Å². The molecule has 0 amide bonds. The molecule has 61 valence electrons. The fourth-order valence-electron chi connectivity index (χ4n) is 0.551. The zero-order valence-corrected chi connectivity index (χ0v) is 5.74. The molecule has 0 heterocycles. The average Bonchev–Trinajstić information content (AvgIpc) is 1.80. The minimum Gasteiger partial charge on any atom is -0.238 e. The van der Waals surface area contributed by atoms with Crippen molar-refractivity contribution in [2.75, 3.05) is 0 Å². The van der Waals surface area contributed by atoms with Crippen LogP contribution in [0.25, 0.3) is 0 Å². The molecule has 1 atom stereocenters. The number of hydrogen-bond donors (Lipinski definition) is 0. The van der Waals surface area contributed by atoms with Crippen molar-refractivity contribution >= 4 is 0 Å². The van der Waals surface area contributed by atoms with Crippen LogP contribution in [0.15, 0.2) is 0 Å². The van der Waals surface area contributed by atoms with Gasteiger partial charge in [-0.15, -0.1) is 0 Å². The Morgan fingerprint density at radius 3 is 2.30 bits per heavy atom. The zero-order valence-electron chi connectivity index (χ0n) is 5.74. The van der Waals surface area contributed by atoms with E-state index in [-0.39, 0.29) is 6.42 Å². The Labute approximate surface area is 57.9 Å². The maximum Gasteiger partial charge on any atom is 0.411 e. The maximum atomic E-state index is 12.0. The molecule has 0 aromatic heterocycles. The third-order valence-corrected chi connectivity index (χ3v) is 1.18. The minimum absolute atomic E-state index is 0.332. The number of alkyl halides is 3. The van der Waals surface area contributed by atoms with E-state index in [1.807, 2.05) is 0 Å². The fourth-order valence-corrected chi connectivity index (χ4v) is 0.551. The van der Waals surface area contributed by atoms with Crippen molar-refractivity contribution in [1.82, 2.24) is 0 Å². The van der Waals surface area contributed by atoms with Crippen LogP contribution in [0.5, 0.6) is 0 Å². The van der Waals surface area contributed by atoms with Gasteiger partial charge in [0.15, 0.2) is 6.17 Å². The van der Waals surface area contributed by atoms with Crippen LogP contribution in [0, 0.1) is 0 Å². The third-order valence-electron chi connectivity index (χ3n) is 1.18. The molecule has 0 aliphatic rings. The summed E-state index contributed by atoms with van der Waals surface area (Å²) < 4.78 is 35.1. The summed E-state index contributed by atoms with van der Waals surface area (Å²) in [7, 11) is 0. The molecule has 0 aromatic carbocycles. The molecule has 0 aliphatic carbocycles. The Morgan fingerprint density at radius 2 is 2.00 bits per heavy atom. The molecule has 0 N–H and O–H groups in total. The highest BCUT2D eigenvalue weighted by Gasteiger charge is 2.38. The highest BCUT2D eigenvalue weighted by molar-refractivity contribution is 4.63. The summed E-state index contributed by atoms with van der Waals surface area (Å²) in [5.74, 6) is 0. The van der Waals surface area contributed by atoms with Crippen LogP contribution in [-0.4, -0.2) is 12.3 Å². The summed E-state index contributed by atoms with van der Waals surface area (Å²) in [6.45, 7) is 1.75. The zero-order chi connectivity index (χ0) is 8.20. The molecule has 0 fully saturated rings.